The largest absolute Gasteiger partial charge is 0.481 e. The van der Waals surface area contributed by atoms with Crippen molar-refractivity contribution in [3.05, 3.63) is 38.4 Å². The maximum Gasteiger partial charge on any atom is 0.305 e. The molecule has 2 N–H and O–H groups in total. The lowest BCUT2D eigenvalue weighted by molar-refractivity contribution is -0.393. The van der Waals surface area contributed by atoms with Crippen molar-refractivity contribution in [3.63, 3.8) is 0 Å². The van der Waals surface area contributed by atoms with Crippen molar-refractivity contribution in [2.45, 2.75) is 6.42 Å². The van der Waals surface area contributed by atoms with Crippen LogP contribution in [0.25, 0.3) is 0 Å². The number of non-ortho nitro benzene ring substituents is 1. The minimum absolute atomic E-state index is 0.0410. The van der Waals surface area contributed by atoms with Crippen molar-refractivity contribution in [2.24, 2.45) is 0 Å². The van der Waals surface area contributed by atoms with Gasteiger partial charge in [0, 0.05) is 12.6 Å². The van der Waals surface area contributed by atoms with Gasteiger partial charge in [-0.2, -0.15) is 0 Å². The second-order valence-corrected chi connectivity index (χ2v) is 3.90. The molecule has 0 aromatic heterocycles. The second kappa shape index (κ2) is 7.75. The Kier molecular flexibility index (Phi) is 6.01. The smallest absolute Gasteiger partial charge is 0.305 e. The van der Waals surface area contributed by atoms with Crippen LogP contribution in [0.15, 0.2) is 18.2 Å². The Bertz CT molecular complexity index is 547. The standard InChI is InChI=1S/C11H13N3O7/c15-11(16)3-5-21-6-4-12-9-2-1-8(13(17)18)7-10(9)14(19)20/h1-2,7,12H,3-6H2,(H,15,16). The van der Waals surface area contributed by atoms with Gasteiger partial charge in [0.2, 0.25) is 0 Å². The number of aliphatic carboxylic acids is 1. The quantitative estimate of drug-likeness (QED) is 0.395. The molecule has 1 rings (SSSR count). The lowest BCUT2D eigenvalue weighted by Gasteiger charge is -2.07. The van der Waals surface area contributed by atoms with Gasteiger partial charge in [0.05, 0.1) is 35.5 Å². The minimum atomic E-state index is -0.978. The van der Waals surface area contributed by atoms with Crippen molar-refractivity contribution in [2.75, 3.05) is 25.1 Å². The van der Waals surface area contributed by atoms with E-state index in [9.17, 15) is 25.0 Å². The van der Waals surface area contributed by atoms with Crippen LogP contribution in [-0.2, 0) is 9.53 Å². The Morgan fingerprint density at radius 3 is 2.52 bits per heavy atom. The molecule has 114 valence electrons. The van der Waals surface area contributed by atoms with Gasteiger partial charge in [-0.3, -0.25) is 25.0 Å². The molecule has 0 spiro atoms. The maximum absolute atomic E-state index is 10.9. The Labute approximate surface area is 118 Å². The summed E-state index contributed by atoms with van der Waals surface area (Å²) in [6.07, 6.45) is -0.127. The molecule has 0 saturated carbocycles. The minimum Gasteiger partial charge on any atom is -0.481 e. The van der Waals surface area contributed by atoms with Crippen LogP contribution in [0, 0.1) is 20.2 Å². The van der Waals surface area contributed by atoms with Gasteiger partial charge in [0.15, 0.2) is 0 Å². The van der Waals surface area contributed by atoms with Gasteiger partial charge in [-0.05, 0) is 6.07 Å². The zero-order chi connectivity index (χ0) is 15.8. The predicted octanol–water partition coefficient (Wildman–Crippen LogP) is 1.41. The third-order valence-corrected chi connectivity index (χ3v) is 2.41. The van der Waals surface area contributed by atoms with E-state index in [-0.39, 0.29) is 37.6 Å². The molecule has 0 fully saturated rings. The van der Waals surface area contributed by atoms with Crippen LogP contribution < -0.4 is 5.32 Å². The number of nitrogens with zero attached hydrogens (tertiary/aromatic N) is 2. The Balaban J connectivity index is 2.56. The molecular formula is C11H13N3O7. The van der Waals surface area contributed by atoms with Crippen LogP contribution in [0.4, 0.5) is 17.1 Å². The number of carboxylic acids is 1. The maximum atomic E-state index is 10.9. The van der Waals surface area contributed by atoms with Crippen molar-refractivity contribution in [1.82, 2.24) is 0 Å². The highest BCUT2D eigenvalue weighted by Crippen LogP contribution is 2.28. The second-order valence-electron chi connectivity index (χ2n) is 3.90. The number of nitro groups is 2. The van der Waals surface area contributed by atoms with Crippen LogP contribution in [0.5, 0.6) is 0 Å². The first-order valence-corrected chi connectivity index (χ1v) is 5.88. The summed E-state index contributed by atoms with van der Waals surface area (Å²) in [6.45, 7) is 0.402. The van der Waals surface area contributed by atoms with E-state index < -0.39 is 21.5 Å². The Morgan fingerprint density at radius 2 is 1.95 bits per heavy atom. The number of benzene rings is 1. The number of anilines is 1. The molecule has 0 aliphatic carbocycles. The molecule has 0 bridgehead atoms. The first-order valence-electron chi connectivity index (χ1n) is 5.88. The topological polar surface area (TPSA) is 145 Å². The molecule has 0 heterocycles. The highest BCUT2D eigenvalue weighted by molar-refractivity contribution is 5.66. The SMILES string of the molecule is O=C(O)CCOCCNc1ccc([N+](=O)[O-])cc1[N+](=O)[O-]. The van der Waals surface area contributed by atoms with E-state index in [0.29, 0.717) is 0 Å². The molecule has 0 atom stereocenters. The fraction of sp³-hybridized carbons (Fsp3) is 0.364. The van der Waals surface area contributed by atoms with E-state index in [0.717, 1.165) is 12.1 Å². The summed E-state index contributed by atoms with van der Waals surface area (Å²) in [5.74, 6) is -0.978. The summed E-state index contributed by atoms with van der Waals surface area (Å²) in [5, 5.41) is 32.5. The summed E-state index contributed by atoms with van der Waals surface area (Å²) in [7, 11) is 0. The molecule has 0 saturated heterocycles. The van der Waals surface area contributed by atoms with E-state index in [1.54, 1.807) is 0 Å². The average molecular weight is 299 g/mol. The monoisotopic (exact) mass is 299 g/mol. The fourth-order valence-electron chi connectivity index (χ4n) is 1.45. The van der Waals surface area contributed by atoms with E-state index in [2.05, 4.69) is 5.32 Å². The molecule has 10 heteroatoms. The van der Waals surface area contributed by atoms with Gasteiger partial charge in [-0.15, -0.1) is 0 Å². The van der Waals surface area contributed by atoms with Gasteiger partial charge in [-0.25, -0.2) is 0 Å². The Morgan fingerprint density at radius 1 is 1.24 bits per heavy atom. The van der Waals surface area contributed by atoms with Crippen LogP contribution in [0.2, 0.25) is 0 Å². The molecule has 10 nitrogen and oxygen atoms in total. The van der Waals surface area contributed by atoms with Crippen molar-refractivity contribution < 1.29 is 24.5 Å². The number of hydrogen-bond acceptors (Lipinski definition) is 7. The molecular weight excluding hydrogens is 286 g/mol. The van der Waals surface area contributed by atoms with Gasteiger partial charge >= 0.3 is 5.97 Å². The number of nitrogens with one attached hydrogen (secondary N) is 1. The van der Waals surface area contributed by atoms with Gasteiger partial charge in [0.25, 0.3) is 11.4 Å². The molecule has 0 amide bonds. The lowest BCUT2D eigenvalue weighted by Crippen LogP contribution is -2.12. The van der Waals surface area contributed by atoms with Crippen LogP contribution in [0.1, 0.15) is 6.42 Å². The zero-order valence-electron chi connectivity index (χ0n) is 10.9. The number of nitro benzene ring substituents is 2. The number of hydrogen-bond donors (Lipinski definition) is 2. The third-order valence-electron chi connectivity index (χ3n) is 2.41. The molecule has 0 radical (unpaired) electrons. The van der Waals surface area contributed by atoms with Crippen LogP contribution >= 0.6 is 0 Å². The Hall–Kier alpha value is -2.75. The number of carbonyl (C=O) groups is 1. The summed E-state index contributed by atoms with van der Waals surface area (Å²) < 4.78 is 5.01. The number of carboxylic acid groups (broad SMARTS) is 1. The molecule has 1 aromatic carbocycles. The van der Waals surface area contributed by atoms with Crippen molar-refractivity contribution in [1.29, 1.82) is 0 Å². The first-order chi connectivity index (χ1) is 9.91. The van der Waals surface area contributed by atoms with Crippen molar-refractivity contribution >= 4 is 23.0 Å². The van der Waals surface area contributed by atoms with Gasteiger partial charge in [0.1, 0.15) is 5.69 Å². The fourth-order valence-corrected chi connectivity index (χ4v) is 1.45. The summed E-state index contributed by atoms with van der Waals surface area (Å²) >= 11 is 0. The summed E-state index contributed by atoms with van der Waals surface area (Å²) in [4.78, 5) is 30.2. The summed E-state index contributed by atoms with van der Waals surface area (Å²) in [5.41, 5.74) is -0.646. The average Bonchev–Trinajstić information content (AvgIpc) is 2.42. The van der Waals surface area contributed by atoms with Crippen LogP contribution in [-0.4, -0.2) is 40.7 Å². The van der Waals surface area contributed by atoms with E-state index in [1.165, 1.54) is 6.07 Å². The number of rotatable bonds is 9. The first kappa shape index (κ1) is 16.3. The lowest BCUT2D eigenvalue weighted by atomic mass is 10.2. The zero-order valence-corrected chi connectivity index (χ0v) is 10.9. The van der Waals surface area contributed by atoms with E-state index in [1.807, 2.05) is 0 Å². The molecule has 0 aliphatic heterocycles. The molecule has 0 aliphatic rings. The van der Waals surface area contributed by atoms with Gasteiger partial charge < -0.3 is 15.2 Å². The molecule has 0 unspecified atom stereocenters. The van der Waals surface area contributed by atoms with Crippen molar-refractivity contribution in [3.8, 4) is 0 Å². The molecule has 1 aromatic rings. The number of ether oxygens (including phenoxy) is 1. The summed E-state index contributed by atoms with van der Waals surface area (Å²) in [6, 6.07) is 3.27. The normalized spacial score (nSPS) is 10.1. The highest BCUT2D eigenvalue weighted by Gasteiger charge is 2.18. The molecule has 21 heavy (non-hydrogen) atoms. The van der Waals surface area contributed by atoms with Gasteiger partial charge in [-0.1, -0.05) is 0 Å². The van der Waals surface area contributed by atoms with Crippen LogP contribution in [0.3, 0.4) is 0 Å². The highest BCUT2D eigenvalue weighted by atomic mass is 16.6. The predicted molar refractivity (Wildman–Crippen MR) is 71.3 cm³/mol. The van der Waals surface area contributed by atoms with E-state index >= 15 is 0 Å². The van der Waals surface area contributed by atoms with E-state index in [4.69, 9.17) is 9.84 Å². The third kappa shape index (κ3) is 5.40.